The third-order valence-electron chi connectivity index (χ3n) is 3.11. The molecule has 15 heavy (non-hydrogen) atoms. The van der Waals surface area contributed by atoms with Crippen molar-refractivity contribution in [1.29, 1.82) is 0 Å². The van der Waals surface area contributed by atoms with E-state index in [0.717, 1.165) is 18.7 Å². The zero-order valence-electron chi connectivity index (χ0n) is 10.2. The molecule has 0 radical (unpaired) electrons. The van der Waals surface area contributed by atoms with E-state index >= 15 is 0 Å². The van der Waals surface area contributed by atoms with Crippen molar-refractivity contribution in [2.45, 2.75) is 40.0 Å². The van der Waals surface area contributed by atoms with E-state index in [0.29, 0.717) is 18.3 Å². The quantitative estimate of drug-likeness (QED) is 0.721. The number of hydrogen-bond donors (Lipinski definition) is 1. The summed E-state index contributed by atoms with van der Waals surface area (Å²) in [4.78, 5) is 11.6. The van der Waals surface area contributed by atoms with Gasteiger partial charge in [-0.2, -0.15) is 0 Å². The minimum absolute atomic E-state index is 0.285. The van der Waals surface area contributed by atoms with Crippen LogP contribution in [-0.4, -0.2) is 18.9 Å². The van der Waals surface area contributed by atoms with Crippen molar-refractivity contribution in [2.75, 3.05) is 13.1 Å². The van der Waals surface area contributed by atoms with Gasteiger partial charge in [0.05, 0.1) is 0 Å². The van der Waals surface area contributed by atoms with Gasteiger partial charge in [0, 0.05) is 6.42 Å². The average molecular weight is 209 g/mol. The second-order valence-corrected chi connectivity index (χ2v) is 4.98. The summed E-state index contributed by atoms with van der Waals surface area (Å²) in [7, 11) is 0. The minimum Gasteiger partial charge on any atom is -0.316 e. The first-order valence-electron chi connectivity index (χ1n) is 5.98. The minimum atomic E-state index is 0.285. The predicted molar refractivity (Wildman–Crippen MR) is 63.8 cm³/mol. The fourth-order valence-corrected chi connectivity index (χ4v) is 2.23. The monoisotopic (exact) mass is 209 g/mol. The Morgan fingerprint density at radius 2 is 2.27 bits per heavy atom. The number of nitrogens with one attached hydrogen (secondary N) is 1. The summed E-state index contributed by atoms with van der Waals surface area (Å²) >= 11 is 0. The first-order valence-corrected chi connectivity index (χ1v) is 5.98. The van der Waals surface area contributed by atoms with Gasteiger partial charge in [-0.25, -0.2) is 0 Å². The van der Waals surface area contributed by atoms with Crippen LogP contribution in [0.1, 0.15) is 40.0 Å². The highest BCUT2D eigenvalue weighted by Gasteiger charge is 2.21. The van der Waals surface area contributed by atoms with Crippen LogP contribution < -0.4 is 5.32 Å². The van der Waals surface area contributed by atoms with Gasteiger partial charge >= 0.3 is 0 Å². The van der Waals surface area contributed by atoms with E-state index < -0.39 is 0 Å². The van der Waals surface area contributed by atoms with Crippen molar-refractivity contribution in [1.82, 2.24) is 5.32 Å². The molecule has 1 saturated heterocycles. The molecule has 0 saturated carbocycles. The van der Waals surface area contributed by atoms with Gasteiger partial charge in [-0.15, -0.1) is 0 Å². The Morgan fingerprint density at radius 1 is 1.53 bits per heavy atom. The molecule has 2 heteroatoms. The fourth-order valence-electron chi connectivity index (χ4n) is 2.23. The smallest absolute Gasteiger partial charge is 0.155 e. The maximum absolute atomic E-state index is 11.6. The third kappa shape index (κ3) is 4.61. The van der Waals surface area contributed by atoms with Crippen molar-refractivity contribution in [3.05, 3.63) is 11.6 Å². The van der Waals surface area contributed by atoms with Crippen LogP contribution >= 0.6 is 0 Å². The summed E-state index contributed by atoms with van der Waals surface area (Å²) in [5.41, 5.74) is 1.11. The summed E-state index contributed by atoms with van der Waals surface area (Å²) < 4.78 is 0. The van der Waals surface area contributed by atoms with Crippen LogP contribution in [0.25, 0.3) is 0 Å². The van der Waals surface area contributed by atoms with Gasteiger partial charge in [-0.05, 0) is 57.7 Å². The predicted octanol–water partition coefficient (Wildman–Crippen LogP) is 2.55. The third-order valence-corrected chi connectivity index (χ3v) is 3.11. The molecule has 2 nitrogen and oxygen atoms in total. The zero-order chi connectivity index (χ0) is 11.3. The van der Waals surface area contributed by atoms with Crippen LogP contribution in [0.5, 0.6) is 0 Å². The van der Waals surface area contributed by atoms with Crippen molar-refractivity contribution in [3.63, 3.8) is 0 Å². The number of hydrogen-bond acceptors (Lipinski definition) is 2. The van der Waals surface area contributed by atoms with E-state index in [1.54, 1.807) is 6.08 Å². The van der Waals surface area contributed by atoms with Crippen LogP contribution in [0.15, 0.2) is 11.6 Å². The van der Waals surface area contributed by atoms with Crippen molar-refractivity contribution < 1.29 is 4.79 Å². The van der Waals surface area contributed by atoms with Crippen molar-refractivity contribution in [2.24, 2.45) is 11.8 Å². The number of carbonyl (C=O) groups excluding carboxylic acids is 1. The molecule has 0 bridgehead atoms. The molecule has 0 aliphatic carbocycles. The number of ketones is 1. The first kappa shape index (κ1) is 12.4. The topological polar surface area (TPSA) is 29.1 Å². The average Bonchev–Trinajstić information content (AvgIpc) is 2.17. The molecule has 1 rings (SSSR count). The molecule has 1 aliphatic heterocycles. The highest BCUT2D eigenvalue weighted by atomic mass is 16.1. The highest BCUT2D eigenvalue weighted by molar-refractivity contribution is 5.90. The highest BCUT2D eigenvalue weighted by Crippen LogP contribution is 2.22. The molecule has 1 aliphatic rings. The van der Waals surface area contributed by atoms with E-state index in [2.05, 4.69) is 12.2 Å². The molecular formula is C13H23NO. The molecule has 2 atom stereocenters. The van der Waals surface area contributed by atoms with E-state index in [1.165, 1.54) is 12.8 Å². The number of rotatable bonds is 4. The van der Waals surface area contributed by atoms with Gasteiger partial charge in [0.2, 0.25) is 0 Å². The number of allylic oxidation sites excluding steroid dienone is 2. The van der Waals surface area contributed by atoms with Gasteiger partial charge in [0.25, 0.3) is 0 Å². The molecular weight excluding hydrogens is 186 g/mol. The van der Waals surface area contributed by atoms with Crippen LogP contribution in [-0.2, 0) is 4.79 Å². The molecule has 1 heterocycles. The molecule has 1 fully saturated rings. The van der Waals surface area contributed by atoms with Gasteiger partial charge in [0.15, 0.2) is 5.78 Å². The van der Waals surface area contributed by atoms with E-state index in [1.807, 2.05) is 13.8 Å². The summed E-state index contributed by atoms with van der Waals surface area (Å²) in [5, 5.41) is 3.40. The van der Waals surface area contributed by atoms with Crippen LogP contribution in [0.4, 0.5) is 0 Å². The first-order chi connectivity index (χ1) is 7.09. The van der Waals surface area contributed by atoms with E-state index in [9.17, 15) is 4.79 Å². The molecule has 2 unspecified atom stereocenters. The number of carbonyl (C=O) groups is 1. The molecule has 0 aromatic heterocycles. The Kier molecular flexibility index (Phi) is 5.03. The maximum Gasteiger partial charge on any atom is 0.155 e. The Morgan fingerprint density at radius 3 is 2.80 bits per heavy atom. The summed E-state index contributed by atoms with van der Waals surface area (Å²) in [6.45, 7) is 8.39. The largest absolute Gasteiger partial charge is 0.316 e. The molecule has 0 aromatic rings. The van der Waals surface area contributed by atoms with Crippen LogP contribution in [0, 0.1) is 11.8 Å². The number of piperidine rings is 1. The second-order valence-electron chi connectivity index (χ2n) is 4.98. The van der Waals surface area contributed by atoms with E-state index in [4.69, 9.17) is 0 Å². The standard InChI is InChI=1S/C13H23NO/c1-10(2)7-13(15)8-11(3)12-5-4-6-14-9-12/h7,11-12,14H,4-6,8-9H2,1-3H3. The molecule has 0 amide bonds. The van der Waals surface area contributed by atoms with Gasteiger partial charge in [0.1, 0.15) is 0 Å². The fraction of sp³-hybridized carbons (Fsp3) is 0.769. The van der Waals surface area contributed by atoms with Crippen molar-refractivity contribution in [3.8, 4) is 0 Å². The molecule has 0 spiro atoms. The summed E-state index contributed by atoms with van der Waals surface area (Å²) in [6.07, 6.45) is 5.01. The Labute approximate surface area is 93.1 Å². The van der Waals surface area contributed by atoms with E-state index in [-0.39, 0.29) is 5.78 Å². The lowest BCUT2D eigenvalue weighted by Crippen LogP contribution is -2.33. The van der Waals surface area contributed by atoms with Crippen LogP contribution in [0.2, 0.25) is 0 Å². The van der Waals surface area contributed by atoms with Crippen molar-refractivity contribution >= 4 is 5.78 Å². The maximum atomic E-state index is 11.6. The van der Waals surface area contributed by atoms with Crippen LogP contribution in [0.3, 0.4) is 0 Å². The second kappa shape index (κ2) is 6.06. The Bertz CT molecular complexity index is 235. The summed E-state index contributed by atoms with van der Waals surface area (Å²) in [5.74, 6) is 1.49. The molecule has 1 N–H and O–H groups in total. The van der Waals surface area contributed by atoms with Gasteiger partial charge in [-0.1, -0.05) is 12.5 Å². The summed E-state index contributed by atoms with van der Waals surface area (Å²) in [6, 6.07) is 0. The Hall–Kier alpha value is -0.630. The Balaban J connectivity index is 2.36. The van der Waals surface area contributed by atoms with Gasteiger partial charge < -0.3 is 5.32 Å². The lowest BCUT2D eigenvalue weighted by atomic mass is 9.84. The van der Waals surface area contributed by atoms with Gasteiger partial charge in [-0.3, -0.25) is 4.79 Å². The normalized spacial score (nSPS) is 23.3. The lowest BCUT2D eigenvalue weighted by Gasteiger charge is -2.27. The molecule has 0 aromatic carbocycles. The zero-order valence-corrected chi connectivity index (χ0v) is 10.2. The lowest BCUT2D eigenvalue weighted by molar-refractivity contribution is -0.115. The molecule has 86 valence electrons. The SMILES string of the molecule is CC(C)=CC(=O)CC(C)C1CCCNC1.